The molecule has 0 aliphatic carbocycles. The summed E-state index contributed by atoms with van der Waals surface area (Å²) in [5.74, 6) is 0.0856. The Bertz CT molecular complexity index is 1000. The fraction of sp³-hybridized carbons (Fsp3) is 0.0870. The van der Waals surface area contributed by atoms with Gasteiger partial charge in [-0.05, 0) is 46.5 Å². The first kappa shape index (κ1) is 14.6. The Morgan fingerprint density at radius 1 is 0.542 bits per heavy atom. The molecule has 0 aliphatic rings. The number of rotatable bonds is 2. The lowest BCUT2D eigenvalue weighted by Crippen LogP contribution is -2.04. The number of fused-ring (bicyclic) bond motifs is 2. The van der Waals surface area contributed by atoms with Gasteiger partial charge in [-0.25, -0.2) is 0 Å². The van der Waals surface area contributed by atoms with Crippen LogP contribution in [0.1, 0.15) is 27.0 Å². The normalized spacial score (nSPS) is 11.1. The molecule has 0 spiro atoms. The molecule has 0 heterocycles. The second-order valence-corrected chi connectivity index (χ2v) is 6.28. The third kappa shape index (κ3) is 2.21. The highest BCUT2D eigenvalue weighted by Crippen LogP contribution is 2.28. The molecule has 4 aromatic carbocycles. The standard InChI is InChI=1S/C23H18O/c1-15-11-13-21(19-9-5-3-7-17(15)19)23(24)22-14-12-16(2)18-8-4-6-10-20(18)22/h3-14H,1-2H3. The lowest BCUT2D eigenvalue weighted by atomic mass is 9.91. The van der Waals surface area contributed by atoms with Gasteiger partial charge in [-0.15, -0.1) is 0 Å². The second kappa shape index (κ2) is 5.61. The van der Waals surface area contributed by atoms with Crippen molar-refractivity contribution in [3.8, 4) is 0 Å². The summed E-state index contributed by atoms with van der Waals surface area (Å²) in [5, 5.41) is 4.32. The van der Waals surface area contributed by atoms with Gasteiger partial charge in [-0.1, -0.05) is 72.8 Å². The molecular formula is C23H18O. The van der Waals surface area contributed by atoms with Crippen molar-refractivity contribution in [2.24, 2.45) is 0 Å². The number of ketones is 1. The molecule has 0 radical (unpaired) electrons. The van der Waals surface area contributed by atoms with E-state index in [-0.39, 0.29) is 5.78 Å². The molecule has 0 aliphatic heterocycles. The van der Waals surface area contributed by atoms with E-state index in [9.17, 15) is 4.79 Å². The Hall–Kier alpha value is -2.93. The van der Waals surface area contributed by atoms with Crippen LogP contribution >= 0.6 is 0 Å². The van der Waals surface area contributed by atoms with E-state index in [2.05, 4.69) is 26.0 Å². The van der Waals surface area contributed by atoms with Crippen molar-refractivity contribution >= 4 is 27.3 Å². The number of hydrogen-bond donors (Lipinski definition) is 0. The molecule has 0 amide bonds. The van der Waals surface area contributed by atoms with Crippen molar-refractivity contribution < 1.29 is 4.79 Å². The molecule has 1 heteroatoms. The van der Waals surface area contributed by atoms with Crippen molar-refractivity contribution in [1.82, 2.24) is 0 Å². The van der Waals surface area contributed by atoms with Crippen LogP contribution in [-0.4, -0.2) is 5.78 Å². The summed E-state index contributed by atoms with van der Waals surface area (Å²) >= 11 is 0. The molecule has 4 rings (SSSR count). The highest BCUT2D eigenvalue weighted by Gasteiger charge is 2.16. The topological polar surface area (TPSA) is 17.1 Å². The van der Waals surface area contributed by atoms with Crippen molar-refractivity contribution in [2.45, 2.75) is 13.8 Å². The molecule has 0 saturated carbocycles. The van der Waals surface area contributed by atoms with Crippen LogP contribution in [0, 0.1) is 13.8 Å². The summed E-state index contributed by atoms with van der Waals surface area (Å²) in [6.45, 7) is 4.16. The molecule has 0 N–H and O–H groups in total. The number of hydrogen-bond acceptors (Lipinski definition) is 1. The first-order valence-corrected chi connectivity index (χ1v) is 8.18. The van der Waals surface area contributed by atoms with E-state index >= 15 is 0 Å². The first-order chi connectivity index (χ1) is 11.7. The maximum Gasteiger partial charge on any atom is 0.194 e. The minimum absolute atomic E-state index is 0.0856. The highest BCUT2D eigenvalue weighted by molar-refractivity contribution is 6.21. The Morgan fingerprint density at radius 3 is 1.33 bits per heavy atom. The predicted octanol–water partition coefficient (Wildman–Crippen LogP) is 5.84. The van der Waals surface area contributed by atoms with Gasteiger partial charge >= 0.3 is 0 Å². The quantitative estimate of drug-likeness (QED) is 0.425. The van der Waals surface area contributed by atoms with Gasteiger partial charge in [0, 0.05) is 11.1 Å². The SMILES string of the molecule is Cc1ccc(C(=O)c2ccc(C)c3ccccc23)c2ccccc12. The fourth-order valence-electron chi connectivity index (χ4n) is 3.44. The average molecular weight is 310 g/mol. The monoisotopic (exact) mass is 310 g/mol. The van der Waals surface area contributed by atoms with Gasteiger partial charge in [0.1, 0.15) is 0 Å². The average Bonchev–Trinajstić information content (AvgIpc) is 2.62. The molecule has 24 heavy (non-hydrogen) atoms. The van der Waals surface area contributed by atoms with E-state index < -0.39 is 0 Å². The third-order valence-electron chi connectivity index (χ3n) is 4.77. The van der Waals surface area contributed by atoms with E-state index in [1.165, 1.54) is 11.1 Å². The van der Waals surface area contributed by atoms with Crippen LogP contribution in [-0.2, 0) is 0 Å². The molecule has 1 nitrogen and oxygen atoms in total. The van der Waals surface area contributed by atoms with Crippen LogP contribution in [0.5, 0.6) is 0 Å². The second-order valence-electron chi connectivity index (χ2n) is 6.28. The van der Waals surface area contributed by atoms with E-state index in [4.69, 9.17) is 0 Å². The van der Waals surface area contributed by atoms with Crippen LogP contribution in [0.15, 0.2) is 72.8 Å². The molecule has 4 aromatic rings. The zero-order valence-corrected chi connectivity index (χ0v) is 13.8. The summed E-state index contributed by atoms with van der Waals surface area (Å²) in [6.07, 6.45) is 0. The lowest BCUT2D eigenvalue weighted by molar-refractivity contribution is 0.104. The van der Waals surface area contributed by atoms with Gasteiger partial charge in [0.2, 0.25) is 0 Å². The minimum atomic E-state index is 0.0856. The van der Waals surface area contributed by atoms with Gasteiger partial charge in [-0.3, -0.25) is 4.79 Å². The van der Waals surface area contributed by atoms with Crippen molar-refractivity contribution in [3.05, 3.63) is 95.1 Å². The molecule has 116 valence electrons. The number of carbonyl (C=O) groups excluding carboxylic acids is 1. The molecule has 0 fully saturated rings. The zero-order valence-electron chi connectivity index (χ0n) is 13.8. The Morgan fingerprint density at radius 2 is 0.917 bits per heavy atom. The summed E-state index contributed by atoms with van der Waals surface area (Å²) in [4.78, 5) is 13.3. The Balaban J connectivity index is 1.99. The molecular weight excluding hydrogens is 292 g/mol. The van der Waals surface area contributed by atoms with Crippen molar-refractivity contribution in [2.75, 3.05) is 0 Å². The van der Waals surface area contributed by atoms with Crippen LogP contribution in [0.2, 0.25) is 0 Å². The van der Waals surface area contributed by atoms with Crippen LogP contribution < -0.4 is 0 Å². The predicted molar refractivity (Wildman–Crippen MR) is 101 cm³/mol. The number of aryl methyl sites for hydroxylation is 2. The van der Waals surface area contributed by atoms with Crippen molar-refractivity contribution in [1.29, 1.82) is 0 Å². The molecule has 0 saturated heterocycles. The van der Waals surface area contributed by atoms with E-state index in [0.717, 1.165) is 32.7 Å². The summed E-state index contributed by atoms with van der Waals surface area (Å²) < 4.78 is 0. The van der Waals surface area contributed by atoms with Gasteiger partial charge in [0.15, 0.2) is 5.78 Å². The Labute approximate surface area is 141 Å². The zero-order chi connectivity index (χ0) is 16.7. The summed E-state index contributed by atoms with van der Waals surface area (Å²) in [6, 6.07) is 24.2. The van der Waals surface area contributed by atoms with Crippen LogP contribution in [0.4, 0.5) is 0 Å². The van der Waals surface area contributed by atoms with Gasteiger partial charge < -0.3 is 0 Å². The van der Waals surface area contributed by atoms with E-state index in [1.54, 1.807) is 0 Å². The van der Waals surface area contributed by atoms with E-state index in [1.807, 2.05) is 60.7 Å². The molecule has 0 atom stereocenters. The lowest BCUT2D eigenvalue weighted by Gasteiger charge is -2.11. The smallest absolute Gasteiger partial charge is 0.194 e. The van der Waals surface area contributed by atoms with Gasteiger partial charge in [-0.2, -0.15) is 0 Å². The molecule has 0 unspecified atom stereocenters. The summed E-state index contributed by atoms with van der Waals surface area (Å²) in [7, 11) is 0. The summed E-state index contributed by atoms with van der Waals surface area (Å²) in [5.41, 5.74) is 3.92. The highest BCUT2D eigenvalue weighted by atomic mass is 16.1. The molecule has 0 aromatic heterocycles. The van der Waals surface area contributed by atoms with Gasteiger partial charge in [0.05, 0.1) is 0 Å². The van der Waals surface area contributed by atoms with E-state index in [0.29, 0.717) is 0 Å². The third-order valence-corrected chi connectivity index (χ3v) is 4.77. The van der Waals surface area contributed by atoms with Crippen molar-refractivity contribution in [3.63, 3.8) is 0 Å². The maximum atomic E-state index is 13.3. The van der Waals surface area contributed by atoms with Gasteiger partial charge in [0.25, 0.3) is 0 Å². The molecule has 0 bridgehead atoms. The first-order valence-electron chi connectivity index (χ1n) is 8.18. The fourth-order valence-corrected chi connectivity index (χ4v) is 3.44. The van der Waals surface area contributed by atoms with Crippen LogP contribution in [0.3, 0.4) is 0 Å². The number of carbonyl (C=O) groups is 1. The maximum absolute atomic E-state index is 13.3. The largest absolute Gasteiger partial charge is 0.289 e. The number of benzene rings is 4. The van der Waals surface area contributed by atoms with Crippen LogP contribution in [0.25, 0.3) is 21.5 Å². The minimum Gasteiger partial charge on any atom is -0.289 e. The Kier molecular flexibility index (Phi) is 3.42.